The molecular formula is C21H23F3N6. The zero-order valence-electron chi connectivity index (χ0n) is 16.8. The van der Waals surface area contributed by atoms with Crippen molar-refractivity contribution in [2.45, 2.75) is 38.9 Å². The zero-order chi connectivity index (χ0) is 21.3. The smallest absolute Gasteiger partial charge is 0.172 e. The number of rotatable bonds is 5. The Bertz CT molecular complexity index is 1040. The molecule has 6 nitrogen and oxygen atoms in total. The van der Waals surface area contributed by atoms with E-state index < -0.39 is 17.8 Å². The lowest BCUT2D eigenvalue weighted by Crippen LogP contribution is -2.36. The van der Waals surface area contributed by atoms with Crippen LogP contribution in [-0.2, 0) is 0 Å². The van der Waals surface area contributed by atoms with E-state index in [1.807, 2.05) is 13.8 Å². The molecule has 0 aliphatic carbocycles. The lowest BCUT2D eigenvalue weighted by Gasteiger charge is -2.35. The van der Waals surface area contributed by atoms with Gasteiger partial charge in [0.25, 0.3) is 0 Å². The molecule has 0 saturated carbocycles. The Hall–Kier alpha value is -2.97. The van der Waals surface area contributed by atoms with E-state index in [0.717, 1.165) is 12.1 Å². The van der Waals surface area contributed by atoms with Gasteiger partial charge in [0, 0.05) is 30.8 Å². The molecule has 1 aromatic carbocycles. The predicted molar refractivity (Wildman–Crippen MR) is 109 cm³/mol. The Balaban J connectivity index is 1.54. The number of benzene rings is 1. The third-order valence-electron chi connectivity index (χ3n) is 5.30. The highest BCUT2D eigenvalue weighted by molar-refractivity contribution is 5.79. The summed E-state index contributed by atoms with van der Waals surface area (Å²) in [6.07, 6.45) is 2.70. The van der Waals surface area contributed by atoms with Crippen molar-refractivity contribution < 1.29 is 13.2 Å². The van der Waals surface area contributed by atoms with Gasteiger partial charge in [0.05, 0.1) is 12.4 Å². The lowest BCUT2D eigenvalue weighted by atomic mass is 9.88. The molecule has 1 saturated heterocycles. The highest BCUT2D eigenvalue weighted by Crippen LogP contribution is 2.37. The van der Waals surface area contributed by atoms with Crippen molar-refractivity contribution >= 4 is 22.7 Å². The molecular weight excluding hydrogens is 393 g/mol. The molecule has 0 amide bonds. The van der Waals surface area contributed by atoms with Gasteiger partial charge in [-0.25, -0.2) is 23.1 Å². The van der Waals surface area contributed by atoms with E-state index in [9.17, 15) is 13.2 Å². The normalized spacial score (nSPS) is 16.3. The lowest BCUT2D eigenvalue weighted by molar-refractivity contribution is 0.193. The highest BCUT2D eigenvalue weighted by atomic mass is 19.1. The van der Waals surface area contributed by atoms with Gasteiger partial charge in [0.2, 0.25) is 0 Å². The molecule has 0 bridgehead atoms. The summed E-state index contributed by atoms with van der Waals surface area (Å²) >= 11 is 0. The van der Waals surface area contributed by atoms with Crippen LogP contribution in [0.25, 0.3) is 11.0 Å². The van der Waals surface area contributed by atoms with Crippen LogP contribution in [0.4, 0.5) is 24.8 Å². The van der Waals surface area contributed by atoms with Crippen molar-refractivity contribution in [2.75, 3.05) is 23.3 Å². The first kappa shape index (κ1) is 20.3. The van der Waals surface area contributed by atoms with Gasteiger partial charge < -0.3 is 10.2 Å². The van der Waals surface area contributed by atoms with Crippen molar-refractivity contribution in [3.8, 4) is 0 Å². The summed E-state index contributed by atoms with van der Waals surface area (Å²) in [5.41, 5.74) is 1.19. The molecule has 2 aromatic heterocycles. The second-order valence-electron chi connectivity index (χ2n) is 7.85. The number of nitrogens with zero attached hydrogens (tertiary/aromatic N) is 5. The van der Waals surface area contributed by atoms with Gasteiger partial charge in [-0.3, -0.25) is 0 Å². The van der Waals surface area contributed by atoms with Gasteiger partial charge in [-0.15, -0.1) is 0 Å². The largest absolute Gasteiger partial charge is 0.365 e. The second kappa shape index (κ2) is 8.41. The number of hydrogen-bond acceptors (Lipinski definition) is 6. The Morgan fingerprint density at radius 1 is 1.03 bits per heavy atom. The van der Waals surface area contributed by atoms with E-state index in [2.05, 4.69) is 25.4 Å². The van der Waals surface area contributed by atoms with Crippen LogP contribution in [0.3, 0.4) is 0 Å². The maximum Gasteiger partial charge on any atom is 0.172 e. The molecule has 0 spiro atoms. The van der Waals surface area contributed by atoms with Gasteiger partial charge in [-0.1, -0.05) is 6.07 Å². The van der Waals surface area contributed by atoms with Crippen LogP contribution in [0.5, 0.6) is 0 Å². The van der Waals surface area contributed by atoms with E-state index in [0.29, 0.717) is 48.6 Å². The van der Waals surface area contributed by atoms with Crippen LogP contribution in [0, 0.1) is 17.6 Å². The molecule has 1 N–H and O–H groups in total. The number of piperidine rings is 1. The summed E-state index contributed by atoms with van der Waals surface area (Å²) in [5.74, 6) is -0.559. The van der Waals surface area contributed by atoms with Gasteiger partial charge in [-0.2, -0.15) is 10.2 Å². The van der Waals surface area contributed by atoms with Crippen molar-refractivity contribution in [1.29, 1.82) is 0 Å². The van der Waals surface area contributed by atoms with Crippen LogP contribution in [0.1, 0.15) is 38.4 Å². The third kappa shape index (κ3) is 4.15. The van der Waals surface area contributed by atoms with Crippen LogP contribution in [0.2, 0.25) is 0 Å². The van der Waals surface area contributed by atoms with Crippen LogP contribution in [-0.4, -0.2) is 39.3 Å². The molecule has 158 valence electrons. The van der Waals surface area contributed by atoms with Crippen LogP contribution < -0.4 is 10.2 Å². The van der Waals surface area contributed by atoms with E-state index in [-0.39, 0.29) is 17.5 Å². The topological polar surface area (TPSA) is 66.8 Å². The second-order valence-corrected chi connectivity index (χ2v) is 7.85. The maximum atomic E-state index is 15.0. The Kier molecular flexibility index (Phi) is 5.69. The molecule has 30 heavy (non-hydrogen) atoms. The summed E-state index contributed by atoms with van der Waals surface area (Å²) in [5, 5.41) is 11.0. The number of hydrogen-bond donors (Lipinski definition) is 1. The number of halogens is 3. The molecule has 0 radical (unpaired) electrons. The molecule has 1 aliphatic rings. The average molecular weight is 416 g/mol. The summed E-state index contributed by atoms with van der Waals surface area (Å²) in [6, 6.07) is 3.17. The minimum absolute atomic E-state index is 0.0823. The Labute approximate surface area is 172 Å². The highest BCUT2D eigenvalue weighted by Gasteiger charge is 2.31. The van der Waals surface area contributed by atoms with Crippen molar-refractivity contribution in [2.24, 2.45) is 5.92 Å². The molecule has 9 heteroatoms. The minimum Gasteiger partial charge on any atom is -0.365 e. The molecule has 1 aliphatic heterocycles. The summed E-state index contributed by atoms with van der Waals surface area (Å²) in [6.45, 7) is 5.13. The number of nitrogens with one attached hydrogen (secondary N) is 1. The number of aromatic nitrogens is 4. The van der Waals surface area contributed by atoms with Crippen molar-refractivity contribution in [3.63, 3.8) is 0 Å². The monoisotopic (exact) mass is 416 g/mol. The molecule has 3 aromatic rings. The first-order valence-corrected chi connectivity index (χ1v) is 10.0. The van der Waals surface area contributed by atoms with Crippen LogP contribution in [0.15, 0.2) is 30.6 Å². The van der Waals surface area contributed by atoms with E-state index in [1.165, 1.54) is 6.07 Å². The third-order valence-corrected chi connectivity index (χ3v) is 5.30. The SMILES string of the molecule is CC(C)Nc1nc2cnncc2nc1N1CCC([C@@H](F)c2ccc(F)cc2F)CC1. The Morgan fingerprint density at radius 2 is 1.70 bits per heavy atom. The maximum absolute atomic E-state index is 15.0. The minimum atomic E-state index is -1.47. The molecule has 3 heterocycles. The molecule has 1 fully saturated rings. The summed E-state index contributed by atoms with van der Waals surface area (Å²) < 4.78 is 42.1. The molecule has 4 rings (SSSR count). The number of anilines is 2. The van der Waals surface area contributed by atoms with Gasteiger partial charge in [0.15, 0.2) is 11.6 Å². The molecule has 0 unspecified atom stereocenters. The molecule has 1 atom stereocenters. The van der Waals surface area contributed by atoms with E-state index >= 15 is 0 Å². The van der Waals surface area contributed by atoms with Crippen molar-refractivity contribution in [1.82, 2.24) is 20.2 Å². The summed E-state index contributed by atoms with van der Waals surface area (Å²) in [4.78, 5) is 11.4. The number of fused-ring (bicyclic) bond motifs is 1. The Morgan fingerprint density at radius 3 is 2.33 bits per heavy atom. The zero-order valence-corrected chi connectivity index (χ0v) is 16.8. The van der Waals surface area contributed by atoms with Gasteiger partial charge in [0.1, 0.15) is 28.8 Å². The fourth-order valence-corrected chi connectivity index (χ4v) is 3.79. The first-order chi connectivity index (χ1) is 14.4. The fraction of sp³-hybridized carbons (Fsp3) is 0.429. The standard InChI is InChI=1S/C21H23F3N6/c1-12(2)27-20-21(29-18-11-26-25-10-17(18)28-20)30-7-5-13(6-8-30)19(24)15-4-3-14(22)9-16(15)23/h3-4,9-13,19H,5-8H2,1-2H3,(H,27,28)/t19-/m1/s1. The summed E-state index contributed by atoms with van der Waals surface area (Å²) in [7, 11) is 0. The van der Waals surface area contributed by atoms with Gasteiger partial charge >= 0.3 is 0 Å². The predicted octanol–water partition coefficient (Wildman–Crippen LogP) is 4.45. The fourth-order valence-electron chi connectivity index (χ4n) is 3.79. The van der Waals surface area contributed by atoms with Gasteiger partial charge in [-0.05, 0) is 38.7 Å². The first-order valence-electron chi connectivity index (χ1n) is 10.0. The van der Waals surface area contributed by atoms with Crippen LogP contribution >= 0.6 is 0 Å². The quantitative estimate of drug-likeness (QED) is 0.663. The van der Waals surface area contributed by atoms with Crippen molar-refractivity contribution in [3.05, 3.63) is 47.8 Å². The average Bonchev–Trinajstić information content (AvgIpc) is 2.72. The van der Waals surface area contributed by atoms with E-state index in [4.69, 9.17) is 4.98 Å². The van der Waals surface area contributed by atoms with E-state index in [1.54, 1.807) is 12.4 Å². The number of alkyl halides is 1.